The molecule has 5 nitrogen and oxygen atoms in total. The normalized spacial score (nSPS) is 21.0. The fourth-order valence-corrected chi connectivity index (χ4v) is 1.47. The second-order valence-electron chi connectivity index (χ2n) is 3.90. The van der Waals surface area contributed by atoms with E-state index in [1.54, 1.807) is 6.34 Å². The van der Waals surface area contributed by atoms with Gasteiger partial charge in [-0.3, -0.25) is 4.99 Å². The van der Waals surface area contributed by atoms with Gasteiger partial charge in [-0.05, 0) is 6.42 Å². The molecular weight excluding hydrogens is 228 g/mol. The maximum absolute atomic E-state index is 5.25. The van der Waals surface area contributed by atoms with Crippen molar-refractivity contribution in [3.8, 4) is 0 Å². The number of nitrogens with zero attached hydrogens (tertiary/aromatic N) is 3. The van der Waals surface area contributed by atoms with Crippen molar-refractivity contribution in [2.24, 2.45) is 4.99 Å². The van der Waals surface area contributed by atoms with Crippen molar-refractivity contribution in [2.45, 2.75) is 32.1 Å². The van der Waals surface area contributed by atoms with Gasteiger partial charge in [0.2, 0.25) is 5.89 Å². The van der Waals surface area contributed by atoms with Gasteiger partial charge in [0, 0.05) is 12.5 Å². The molecule has 6 heteroatoms. The van der Waals surface area contributed by atoms with Crippen LogP contribution in [0.5, 0.6) is 0 Å². The van der Waals surface area contributed by atoms with Gasteiger partial charge in [-0.1, -0.05) is 19.0 Å². The van der Waals surface area contributed by atoms with Gasteiger partial charge in [-0.15, -0.1) is 12.4 Å². The molecule has 1 N–H and O–H groups in total. The Balaban J connectivity index is 0.00000128. The summed E-state index contributed by atoms with van der Waals surface area (Å²) < 4.78 is 5.25. The molecule has 2 unspecified atom stereocenters. The van der Waals surface area contributed by atoms with Crippen LogP contribution < -0.4 is 5.32 Å². The summed E-state index contributed by atoms with van der Waals surface area (Å²) in [6.07, 6.45) is 2.75. The second kappa shape index (κ2) is 5.84. The third-order valence-corrected chi connectivity index (χ3v) is 2.73. The fourth-order valence-electron chi connectivity index (χ4n) is 1.47. The third kappa shape index (κ3) is 2.72. The number of rotatable bonds is 3. The third-order valence-electron chi connectivity index (χ3n) is 2.73. The Hall–Kier alpha value is -1.10. The molecule has 1 aromatic rings. The predicted octanol–water partition coefficient (Wildman–Crippen LogP) is 1.72. The first-order valence-electron chi connectivity index (χ1n) is 5.36. The van der Waals surface area contributed by atoms with Crippen molar-refractivity contribution in [1.29, 1.82) is 0 Å². The Morgan fingerprint density at radius 2 is 2.44 bits per heavy atom. The Labute approximate surface area is 101 Å². The molecule has 0 fully saturated rings. The van der Waals surface area contributed by atoms with Crippen LogP contribution in [0.15, 0.2) is 9.52 Å². The molecular formula is C10H17ClN4O. The molecule has 0 amide bonds. The van der Waals surface area contributed by atoms with Crippen LogP contribution in [0.25, 0.3) is 0 Å². The number of nitrogens with one attached hydrogen (secondary N) is 1. The van der Waals surface area contributed by atoms with Crippen molar-refractivity contribution in [3.63, 3.8) is 0 Å². The highest BCUT2D eigenvalue weighted by atomic mass is 35.5. The summed E-state index contributed by atoms with van der Waals surface area (Å²) in [5.74, 6) is 2.10. The average molecular weight is 245 g/mol. The Morgan fingerprint density at radius 1 is 1.62 bits per heavy atom. The van der Waals surface area contributed by atoms with E-state index in [1.807, 2.05) is 0 Å². The first-order valence-corrected chi connectivity index (χ1v) is 5.36. The van der Waals surface area contributed by atoms with E-state index in [4.69, 9.17) is 4.52 Å². The lowest BCUT2D eigenvalue weighted by molar-refractivity contribution is 0.346. The molecule has 0 bridgehead atoms. The molecule has 0 aliphatic carbocycles. The first kappa shape index (κ1) is 13.0. The average Bonchev–Trinajstić information content (AvgIpc) is 2.78. The lowest BCUT2D eigenvalue weighted by Crippen LogP contribution is -2.27. The molecule has 2 atom stereocenters. The number of aliphatic imine (C=N–C) groups is 1. The molecule has 0 aromatic carbocycles. The van der Waals surface area contributed by atoms with E-state index in [0.717, 1.165) is 25.3 Å². The minimum absolute atomic E-state index is 0. The Morgan fingerprint density at radius 3 is 3.06 bits per heavy atom. The van der Waals surface area contributed by atoms with Gasteiger partial charge in [-0.2, -0.15) is 4.98 Å². The summed E-state index contributed by atoms with van der Waals surface area (Å²) in [5.41, 5.74) is 0. The van der Waals surface area contributed by atoms with Crippen LogP contribution in [0.2, 0.25) is 0 Å². The summed E-state index contributed by atoms with van der Waals surface area (Å²) in [5, 5.41) is 7.06. The lowest BCUT2D eigenvalue weighted by atomic mass is 10.1. The monoisotopic (exact) mass is 244 g/mol. The molecule has 16 heavy (non-hydrogen) atoms. The predicted molar refractivity (Wildman–Crippen MR) is 64.4 cm³/mol. The SMILES string of the molecule is CCC(C)c1noc(C2CN=CNC2)n1.Cl. The number of hydrogen-bond acceptors (Lipinski definition) is 5. The van der Waals surface area contributed by atoms with Crippen molar-refractivity contribution in [2.75, 3.05) is 13.1 Å². The summed E-state index contributed by atoms with van der Waals surface area (Å²) in [4.78, 5) is 8.56. The molecule has 90 valence electrons. The van der Waals surface area contributed by atoms with Gasteiger partial charge in [0.15, 0.2) is 5.82 Å². The molecule has 1 aromatic heterocycles. The highest BCUT2D eigenvalue weighted by Gasteiger charge is 2.21. The van der Waals surface area contributed by atoms with Crippen molar-refractivity contribution >= 4 is 18.7 Å². The minimum Gasteiger partial charge on any atom is -0.376 e. The van der Waals surface area contributed by atoms with E-state index in [-0.39, 0.29) is 18.3 Å². The van der Waals surface area contributed by atoms with E-state index < -0.39 is 0 Å². The maximum Gasteiger partial charge on any atom is 0.233 e. The number of halogens is 1. The van der Waals surface area contributed by atoms with Crippen LogP contribution in [0.4, 0.5) is 0 Å². The van der Waals surface area contributed by atoms with Gasteiger partial charge < -0.3 is 9.84 Å². The largest absolute Gasteiger partial charge is 0.376 e. The molecule has 0 spiro atoms. The molecule has 0 saturated carbocycles. The zero-order valence-corrected chi connectivity index (χ0v) is 10.3. The van der Waals surface area contributed by atoms with E-state index in [1.165, 1.54) is 0 Å². The van der Waals surface area contributed by atoms with Gasteiger partial charge in [-0.25, -0.2) is 0 Å². The molecule has 1 aliphatic heterocycles. The molecule has 1 aliphatic rings. The van der Waals surface area contributed by atoms with Gasteiger partial charge in [0.1, 0.15) is 0 Å². The zero-order valence-electron chi connectivity index (χ0n) is 9.51. The quantitative estimate of drug-likeness (QED) is 0.880. The molecule has 2 rings (SSSR count). The van der Waals surface area contributed by atoms with Crippen LogP contribution in [-0.4, -0.2) is 29.6 Å². The van der Waals surface area contributed by atoms with Gasteiger partial charge in [0.05, 0.1) is 18.8 Å². The molecule has 0 radical (unpaired) electrons. The highest BCUT2D eigenvalue weighted by Crippen LogP contribution is 2.19. The van der Waals surface area contributed by atoms with Crippen molar-refractivity contribution < 1.29 is 4.52 Å². The highest BCUT2D eigenvalue weighted by molar-refractivity contribution is 5.85. The fraction of sp³-hybridized carbons (Fsp3) is 0.700. The van der Waals surface area contributed by atoms with Gasteiger partial charge in [0.25, 0.3) is 0 Å². The summed E-state index contributed by atoms with van der Waals surface area (Å²) in [6, 6.07) is 0. The standard InChI is InChI=1S/C10H16N4O.ClH/c1-3-7(2)9-13-10(15-14-9)8-4-11-6-12-5-8;/h6-8H,3-5H2,1-2H3,(H,11,12);1H. The van der Waals surface area contributed by atoms with Crippen LogP contribution in [0.3, 0.4) is 0 Å². The Bertz CT molecular complexity index is 352. The lowest BCUT2D eigenvalue weighted by Gasteiger charge is -2.13. The van der Waals surface area contributed by atoms with Gasteiger partial charge >= 0.3 is 0 Å². The zero-order chi connectivity index (χ0) is 10.7. The minimum atomic E-state index is 0. The molecule has 2 heterocycles. The summed E-state index contributed by atoms with van der Waals surface area (Å²) in [7, 11) is 0. The van der Waals surface area contributed by atoms with E-state index >= 15 is 0 Å². The number of aromatic nitrogens is 2. The summed E-state index contributed by atoms with van der Waals surface area (Å²) >= 11 is 0. The van der Waals surface area contributed by atoms with E-state index in [2.05, 4.69) is 34.3 Å². The van der Waals surface area contributed by atoms with Crippen LogP contribution in [0, 0.1) is 0 Å². The Kier molecular flexibility index (Phi) is 4.73. The van der Waals surface area contributed by atoms with E-state index in [0.29, 0.717) is 11.8 Å². The maximum atomic E-state index is 5.25. The first-order chi connectivity index (χ1) is 7.31. The van der Waals surface area contributed by atoms with Crippen LogP contribution >= 0.6 is 12.4 Å². The van der Waals surface area contributed by atoms with Crippen molar-refractivity contribution in [1.82, 2.24) is 15.5 Å². The smallest absolute Gasteiger partial charge is 0.233 e. The number of hydrogen-bond donors (Lipinski definition) is 1. The van der Waals surface area contributed by atoms with E-state index in [9.17, 15) is 0 Å². The topological polar surface area (TPSA) is 63.3 Å². The molecule has 0 saturated heterocycles. The summed E-state index contributed by atoms with van der Waals surface area (Å²) in [6.45, 7) is 5.78. The second-order valence-corrected chi connectivity index (χ2v) is 3.90. The van der Waals surface area contributed by atoms with Crippen LogP contribution in [-0.2, 0) is 0 Å². The van der Waals surface area contributed by atoms with Crippen molar-refractivity contribution in [3.05, 3.63) is 11.7 Å². The van der Waals surface area contributed by atoms with Crippen LogP contribution in [0.1, 0.15) is 43.8 Å².